The number of nitrogens with one attached hydrogen (secondary N) is 1. The molecule has 1 heterocycles. The summed E-state index contributed by atoms with van der Waals surface area (Å²) in [4.78, 5) is 4.71. The van der Waals surface area contributed by atoms with Crippen molar-refractivity contribution in [2.75, 3.05) is 6.54 Å². The summed E-state index contributed by atoms with van der Waals surface area (Å²) in [5.41, 5.74) is 2.88. The molecule has 1 saturated carbocycles. The van der Waals surface area contributed by atoms with Gasteiger partial charge < -0.3 is 5.32 Å². The smallest absolute Gasteiger partial charge is 0.0482 e. The molecule has 0 aliphatic heterocycles. The van der Waals surface area contributed by atoms with Crippen LogP contribution in [0.4, 0.5) is 0 Å². The highest BCUT2D eigenvalue weighted by atomic mass is 14.9. The number of rotatable bonds is 7. The maximum absolute atomic E-state index is 4.71. The van der Waals surface area contributed by atoms with Crippen molar-refractivity contribution in [3.05, 3.63) is 29.6 Å². The van der Waals surface area contributed by atoms with Gasteiger partial charge in [0.1, 0.15) is 0 Å². The van der Waals surface area contributed by atoms with Gasteiger partial charge in [0.25, 0.3) is 0 Å². The van der Waals surface area contributed by atoms with Crippen molar-refractivity contribution < 1.29 is 0 Å². The summed E-state index contributed by atoms with van der Waals surface area (Å²) in [5, 5.41) is 3.84. The second kappa shape index (κ2) is 7.40. The first-order valence-corrected chi connectivity index (χ1v) is 9.05. The summed E-state index contributed by atoms with van der Waals surface area (Å²) < 4.78 is 0. The molecule has 2 aliphatic rings. The molecule has 2 aliphatic carbocycles. The number of nitrogens with zero attached hydrogens (tertiary/aromatic N) is 1. The average molecular weight is 286 g/mol. The number of aryl methyl sites for hydroxylation is 1. The van der Waals surface area contributed by atoms with Crippen molar-refractivity contribution >= 4 is 0 Å². The maximum atomic E-state index is 4.71. The van der Waals surface area contributed by atoms with E-state index in [1.807, 2.05) is 6.20 Å². The van der Waals surface area contributed by atoms with Gasteiger partial charge in [-0.25, -0.2) is 0 Å². The van der Waals surface area contributed by atoms with Crippen LogP contribution in [0.15, 0.2) is 18.3 Å². The van der Waals surface area contributed by atoms with E-state index >= 15 is 0 Å². The van der Waals surface area contributed by atoms with Gasteiger partial charge in [0.2, 0.25) is 0 Å². The van der Waals surface area contributed by atoms with E-state index in [4.69, 9.17) is 4.98 Å². The molecule has 2 heteroatoms. The molecule has 1 N–H and O–H groups in total. The zero-order valence-corrected chi connectivity index (χ0v) is 13.5. The predicted octanol–water partition coefficient (Wildman–Crippen LogP) is 4.45. The second-order valence-electron chi connectivity index (χ2n) is 6.98. The summed E-state index contributed by atoms with van der Waals surface area (Å²) in [6.45, 7) is 3.41. The standard InChI is InChI=1S/C19H30N2/c1-2-13-20-18(12-9-15-6-3-4-7-15)17-11-10-16-8-5-14-21-19(16)17/h5,8,14-15,17-18,20H,2-4,6-7,9-13H2,1H3. The van der Waals surface area contributed by atoms with Crippen molar-refractivity contribution in [1.29, 1.82) is 0 Å². The van der Waals surface area contributed by atoms with Crippen molar-refractivity contribution in [3.63, 3.8) is 0 Å². The summed E-state index contributed by atoms with van der Waals surface area (Å²) in [6.07, 6.45) is 14.3. The molecule has 1 fully saturated rings. The van der Waals surface area contributed by atoms with E-state index in [9.17, 15) is 0 Å². The molecular formula is C19H30N2. The third-order valence-corrected chi connectivity index (χ3v) is 5.50. The minimum Gasteiger partial charge on any atom is -0.313 e. The largest absolute Gasteiger partial charge is 0.313 e. The van der Waals surface area contributed by atoms with Gasteiger partial charge in [-0.1, -0.05) is 38.7 Å². The Hall–Kier alpha value is -0.890. The molecule has 21 heavy (non-hydrogen) atoms. The zero-order chi connectivity index (χ0) is 14.5. The Balaban J connectivity index is 1.64. The average Bonchev–Trinajstić information content (AvgIpc) is 3.17. The summed E-state index contributed by atoms with van der Waals surface area (Å²) in [6, 6.07) is 5.01. The SMILES string of the molecule is CCCNC(CCC1CCCC1)C1CCc2cccnc21. The lowest BCUT2D eigenvalue weighted by Gasteiger charge is -2.26. The molecule has 0 bridgehead atoms. The topological polar surface area (TPSA) is 24.9 Å². The summed E-state index contributed by atoms with van der Waals surface area (Å²) in [7, 11) is 0. The molecule has 116 valence electrons. The van der Waals surface area contributed by atoms with E-state index < -0.39 is 0 Å². The quantitative estimate of drug-likeness (QED) is 0.801. The van der Waals surface area contributed by atoms with Gasteiger partial charge in [0.05, 0.1) is 0 Å². The van der Waals surface area contributed by atoms with E-state index in [-0.39, 0.29) is 0 Å². The second-order valence-corrected chi connectivity index (χ2v) is 6.98. The molecule has 0 amide bonds. The van der Waals surface area contributed by atoms with E-state index in [1.54, 1.807) is 0 Å². The van der Waals surface area contributed by atoms with E-state index in [1.165, 1.54) is 69.0 Å². The molecule has 1 aromatic rings. The van der Waals surface area contributed by atoms with E-state index in [2.05, 4.69) is 24.4 Å². The van der Waals surface area contributed by atoms with Crippen molar-refractivity contribution in [2.45, 2.75) is 76.7 Å². The van der Waals surface area contributed by atoms with Crippen LogP contribution >= 0.6 is 0 Å². The number of fused-ring (bicyclic) bond motifs is 1. The number of aromatic nitrogens is 1. The number of hydrogen-bond donors (Lipinski definition) is 1. The van der Waals surface area contributed by atoms with Crippen LogP contribution in [0, 0.1) is 5.92 Å². The number of pyridine rings is 1. The Morgan fingerprint density at radius 1 is 1.29 bits per heavy atom. The van der Waals surface area contributed by atoms with Crippen molar-refractivity contribution in [2.24, 2.45) is 5.92 Å². The van der Waals surface area contributed by atoms with Gasteiger partial charge in [0.15, 0.2) is 0 Å². The van der Waals surface area contributed by atoms with Gasteiger partial charge in [0, 0.05) is 23.9 Å². The first-order valence-electron chi connectivity index (χ1n) is 9.05. The minimum atomic E-state index is 0.640. The van der Waals surface area contributed by atoms with Crippen LogP contribution in [0.25, 0.3) is 0 Å². The van der Waals surface area contributed by atoms with Gasteiger partial charge in [-0.3, -0.25) is 4.98 Å². The van der Waals surface area contributed by atoms with Crippen LogP contribution in [0.3, 0.4) is 0 Å². The molecule has 0 spiro atoms. The first-order chi connectivity index (χ1) is 10.4. The predicted molar refractivity (Wildman–Crippen MR) is 88.6 cm³/mol. The fraction of sp³-hybridized carbons (Fsp3) is 0.737. The van der Waals surface area contributed by atoms with Gasteiger partial charge >= 0.3 is 0 Å². The molecule has 0 radical (unpaired) electrons. The van der Waals surface area contributed by atoms with Crippen LogP contribution in [0.1, 0.15) is 75.5 Å². The molecule has 2 nitrogen and oxygen atoms in total. The van der Waals surface area contributed by atoms with Crippen LogP contribution in [0.2, 0.25) is 0 Å². The van der Waals surface area contributed by atoms with Crippen LogP contribution in [0.5, 0.6) is 0 Å². The van der Waals surface area contributed by atoms with Gasteiger partial charge in [-0.2, -0.15) is 0 Å². The van der Waals surface area contributed by atoms with Gasteiger partial charge in [-0.15, -0.1) is 0 Å². The summed E-state index contributed by atoms with van der Waals surface area (Å²) in [5.74, 6) is 1.65. The Kier molecular flexibility index (Phi) is 5.29. The lowest BCUT2D eigenvalue weighted by atomic mass is 9.89. The summed E-state index contributed by atoms with van der Waals surface area (Å²) >= 11 is 0. The lowest BCUT2D eigenvalue weighted by Crippen LogP contribution is -2.35. The van der Waals surface area contributed by atoms with Gasteiger partial charge in [-0.05, 0) is 56.2 Å². The molecule has 3 rings (SSSR count). The third-order valence-electron chi connectivity index (χ3n) is 5.50. The molecule has 0 saturated heterocycles. The monoisotopic (exact) mass is 286 g/mol. The van der Waals surface area contributed by atoms with Crippen LogP contribution < -0.4 is 5.32 Å². The maximum Gasteiger partial charge on any atom is 0.0482 e. The molecule has 2 atom stereocenters. The van der Waals surface area contributed by atoms with E-state index in [0.717, 1.165) is 12.5 Å². The molecule has 2 unspecified atom stereocenters. The first kappa shape index (κ1) is 15.0. The highest BCUT2D eigenvalue weighted by Gasteiger charge is 2.31. The van der Waals surface area contributed by atoms with Crippen molar-refractivity contribution in [3.8, 4) is 0 Å². The molecule has 0 aromatic carbocycles. The lowest BCUT2D eigenvalue weighted by molar-refractivity contribution is 0.357. The minimum absolute atomic E-state index is 0.640. The van der Waals surface area contributed by atoms with Crippen LogP contribution in [-0.2, 0) is 6.42 Å². The Labute approximate surface area is 129 Å². The zero-order valence-electron chi connectivity index (χ0n) is 13.5. The normalized spacial score (nSPS) is 23.4. The molecular weight excluding hydrogens is 256 g/mol. The fourth-order valence-electron chi connectivity index (χ4n) is 4.33. The van der Waals surface area contributed by atoms with Crippen molar-refractivity contribution in [1.82, 2.24) is 10.3 Å². The Morgan fingerprint density at radius 3 is 2.95 bits per heavy atom. The van der Waals surface area contributed by atoms with E-state index in [0.29, 0.717) is 12.0 Å². The Morgan fingerprint density at radius 2 is 2.14 bits per heavy atom. The fourth-order valence-corrected chi connectivity index (χ4v) is 4.33. The highest BCUT2D eigenvalue weighted by Crippen LogP contribution is 2.37. The third kappa shape index (κ3) is 3.66. The number of hydrogen-bond acceptors (Lipinski definition) is 2. The molecule has 1 aromatic heterocycles. The Bertz CT molecular complexity index is 437. The van der Waals surface area contributed by atoms with Crippen LogP contribution in [-0.4, -0.2) is 17.6 Å². The highest BCUT2D eigenvalue weighted by molar-refractivity contribution is 5.29.